The van der Waals surface area contributed by atoms with Crippen molar-refractivity contribution in [2.24, 2.45) is 5.41 Å². The second-order valence-corrected chi connectivity index (χ2v) is 9.31. The molecule has 0 saturated carbocycles. The third kappa shape index (κ3) is 4.17. The Bertz CT molecular complexity index is 1410. The van der Waals surface area contributed by atoms with Gasteiger partial charge in [0.25, 0.3) is 5.91 Å². The molecule has 2 aliphatic rings. The molecular formula is C24H26N6O5. The molecule has 35 heavy (non-hydrogen) atoms. The number of rotatable bonds is 5. The van der Waals surface area contributed by atoms with E-state index in [1.165, 1.54) is 22.2 Å². The van der Waals surface area contributed by atoms with Gasteiger partial charge >= 0.3 is 11.1 Å². The molecule has 0 aliphatic carbocycles. The number of H-pyrrole nitrogens is 1. The number of amides is 1. The fourth-order valence-corrected chi connectivity index (χ4v) is 4.91. The highest BCUT2D eigenvalue weighted by atomic mass is 16.5. The molecule has 1 fully saturated rings. The molecular weight excluding hydrogens is 452 g/mol. The second kappa shape index (κ2) is 8.64. The van der Waals surface area contributed by atoms with Gasteiger partial charge in [0.2, 0.25) is 0 Å². The van der Waals surface area contributed by atoms with Crippen LogP contribution in [0.1, 0.15) is 52.1 Å². The number of methoxy groups -OCH3 is 1. The molecule has 5 rings (SSSR count). The van der Waals surface area contributed by atoms with Crippen molar-refractivity contribution in [1.29, 1.82) is 0 Å². The summed E-state index contributed by atoms with van der Waals surface area (Å²) in [5.74, 6) is 0.899. The molecule has 0 unspecified atom stereocenters. The van der Waals surface area contributed by atoms with Crippen LogP contribution in [0.3, 0.4) is 0 Å². The summed E-state index contributed by atoms with van der Waals surface area (Å²) >= 11 is 0. The van der Waals surface area contributed by atoms with Gasteiger partial charge in [-0.3, -0.25) is 28.8 Å². The largest absolute Gasteiger partial charge is 0.497 e. The van der Waals surface area contributed by atoms with Gasteiger partial charge in [0.1, 0.15) is 23.0 Å². The summed E-state index contributed by atoms with van der Waals surface area (Å²) in [6.45, 7) is 3.04. The number of aromatic nitrogens is 5. The Morgan fingerprint density at radius 1 is 1.11 bits per heavy atom. The average Bonchev–Trinajstić information content (AvgIpc) is 3.49. The molecule has 3 aromatic rings. The molecule has 2 aromatic heterocycles. The number of ether oxygens (including phenoxy) is 1. The number of carbonyl (C=O) groups is 2. The van der Waals surface area contributed by atoms with E-state index in [0.29, 0.717) is 50.5 Å². The molecule has 11 nitrogen and oxygen atoms in total. The predicted molar refractivity (Wildman–Crippen MR) is 125 cm³/mol. The molecule has 11 heteroatoms. The van der Waals surface area contributed by atoms with Gasteiger partial charge in [-0.1, -0.05) is 12.1 Å². The molecule has 182 valence electrons. The van der Waals surface area contributed by atoms with Gasteiger partial charge in [0.05, 0.1) is 13.7 Å². The second-order valence-electron chi connectivity index (χ2n) is 9.31. The molecule has 0 atom stereocenters. The molecule has 1 amide bonds. The van der Waals surface area contributed by atoms with Crippen LogP contribution in [0.25, 0.3) is 0 Å². The van der Waals surface area contributed by atoms with Crippen LogP contribution in [0, 0.1) is 5.41 Å². The van der Waals surface area contributed by atoms with E-state index in [9.17, 15) is 19.2 Å². The number of fused-ring (bicyclic) bond motifs is 1. The maximum absolute atomic E-state index is 12.9. The zero-order valence-electron chi connectivity index (χ0n) is 19.6. The number of nitrogens with one attached hydrogen (secondary N) is 1. The zero-order valence-corrected chi connectivity index (χ0v) is 19.6. The normalized spacial score (nSPS) is 16.3. The first-order valence-corrected chi connectivity index (χ1v) is 11.5. The van der Waals surface area contributed by atoms with Crippen molar-refractivity contribution in [3.8, 4) is 5.75 Å². The summed E-state index contributed by atoms with van der Waals surface area (Å²) in [4.78, 5) is 51.6. The summed E-state index contributed by atoms with van der Waals surface area (Å²) in [7, 11) is 1.58. The van der Waals surface area contributed by atoms with Gasteiger partial charge in [-0.15, -0.1) is 0 Å². The van der Waals surface area contributed by atoms with Crippen LogP contribution in [0.15, 0.2) is 39.9 Å². The smallest absolute Gasteiger partial charge is 0.332 e. The minimum absolute atomic E-state index is 0.202. The number of carbonyl (C=O) groups excluding carboxylic acids is 2. The Labute approximate surface area is 200 Å². The van der Waals surface area contributed by atoms with E-state index >= 15 is 0 Å². The summed E-state index contributed by atoms with van der Waals surface area (Å²) in [5, 5.41) is 11.1. The van der Waals surface area contributed by atoms with E-state index < -0.39 is 11.1 Å². The van der Waals surface area contributed by atoms with Gasteiger partial charge in [-0.2, -0.15) is 10.2 Å². The van der Waals surface area contributed by atoms with Crippen molar-refractivity contribution >= 4 is 11.7 Å². The van der Waals surface area contributed by atoms with Crippen LogP contribution in [0.2, 0.25) is 0 Å². The third-order valence-corrected chi connectivity index (χ3v) is 7.01. The van der Waals surface area contributed by atoms with E-state index in [1.807, 2.05) is 12.1 Å². The number of hydrogen-bond acceptors (Lipinski definition) is 7. The van der Waals surface area contributed by atoms with E-state index in [2.05, 4.69) is 15.3 Å². The van der Waals surface area contributed by atoms with Gasteiger partial charge in [0.15, 0.2) is 5.78 Å². The van der Waals surface area contributed by atoms with Crippen molar-refractivity contribution in [3.63, 3.8) is 0 Å². The van der Waals surface area contributed by atoms with Gasteiger partial charge < -0.3 is 9.64 Å². The molecule has 0 bridgehead atoms. The zero-order chi connectivity index (χ0) is 24.7. The highest BCUT2D eigenvalue weighted by Crippen LogP contribution is 2.40. The minimum Gasteiger partial charge on any atom is -0.497 e. The van der Waals surface area contributed by atoms with E-state index in [-0.39, 0.29) is 35.0 Å². The lowest BCUT2D eigenvalue weighted by Crippen LogP contribution is -2.45. The Morgan fingerprint density at radius 3 is 2.46 bits per heavy atom. The maximum atomic E-state index is 12.9. The molecule has 0 radical (unpaired) electrons. The molecule has 4 heterocycles. The van der Waals surface area contributed by atoms with Gasteiger partial charge in [0, 0.05) is 33.0 Å². The Balaban J connectivity index is 1.30. The number of aromatic amines is 1. The van der Waals surface area contributed by atoms with Crippen LogP contribution in [0.5, 0.6) is 5.75 Å². The first-order valence-electron chi connectivity index (χ1n) is 11.5. The quantitative estimate of drug-likeness (QED) is 0.425. The van der Waals surface area contributed by atoms with Crippen molar-refractivity contribution in [2.75, 3.05) is 20.2 Å². The van der Waals surface area contributed by atoms with Gasteiger partial charge in [-0.05, 0) is 42.0 Å². The number of piperidine rings is 1. The Hall–Kier alpha value is -4.02. The minimum atomic E-state index is -0.644. The number of likely N-dealkylation sites (tertiary alicyclic amines) is 1. The van der Waals surface area contributed by atoms with Crippen molar-refractivity contribution in [2.45, 2.75) is 39.3 Å². The topological polar surface area (TPSA) is 132 Å². The molecule has 1 aromatic carbocycles. The van der Waals surface area contributed by atoms with Crippen LogP contribution in [0.4, 0.5) is 0 Å². The number of Topliss-reactive ketones (excluding diaryl/α,β-unsaturated/α-hetero) is 1. The number of ketones is 1. The Morgan fingerprint density at radius 2 is 1.83 bits per heavy atom. The van der Waals surface area contributed by atoms with E-state index in [4.69, 9.17) is 4.74 Å². The fraction of sp³-hybridized carbons (Fsp3) is 0.417. The van der Waals surface area contributed by atoms with Crippen molar-refractivity contribution in [1.82, 2.24) is 29.4 Å². The summed E-state index contributed by atoms with van der Waals surface area (Å²) < 4.78 is 7.90. The molecule has 2 aliphatic heterocycles. The highest BCUT2D eigenvalue weighted by Gasteiger charge is 2.43. The number of nitrogens with zero attached hydrogens (tertiary/aromatic N) is 5. The highest BCUT2D eigenvalue weighted by molar-refractivity contribution is 5.97. The third-order valence-electron chi connectivity index (χ3n) is 7.01. The monoisotopic (exact) mass is 478 g/mol. The summed E-state index contributed by atoms with van der Waals surface area (Å²) in [5.41, 5.74) is -0.0664. The van der Waals surface area contributed by atoms with Crippen molar-refractivity contribution < 1.29 is 14.3 Å². The SMILES string of the molecule is COc1ccc(Cn2nc3n(c(=O)c2=O)CC2(CCN(C(=O)c4cc(C(C)=O)n[nH]4)CC2)C3)cc1. The van der Waals surface area contributed by atoms with E-state index in [0.717, 1.165) is 5.56 Å². The van der Waals surface area contributed by atoms with Crippen LogP contribution >= 0.6 is 0 Å². The molecule has 1 N–H and O–H groups in total. The fourth-order valence-electron chi connectivity index (χ4n) is 4.91. The Kier molecular flexibility index (Phi) is 5.62. The standard InChI is InChI=1S/C24H26N6O5/c1-15(31)18-11-19(26-25-18)21(32)28-9-7-24(8-10-28)12-20-27-30(23(34)22(33)29(20)14-24)13-16-3-5-17(35-2)6-4-16/h3-6,11H,7-10,12-14H2,1-2H3,(H,25,26). The molecule has 1 saturated heterocycles. The number of benzene rings is 1. The summed E-state index contributed by atoms with van der Waals surface area (Å²) in [6, 6.07) is 8.75. The lowest BCUT2D eigenvalue weighted by molar-refractivity contribution is 0.0570. The number of hydrogen-bond donors (Lipinski definition) is 1. The first-order chi connectivity index (χ1) is 16.8. The van der Waals surface area contributed by atoms with Crippen LogP contribution < -0.4 is 15.9 Å². The van der Waals surface area contributed by atoms with Crippen LogP contribution in [-0.2, 0) is 19.5 Å². The predicted octanol–water partition coefficient (Wildman–Crippen LogP) is 0.866. The van der Waals surface area contributed by atoms with Crippen molar-refractivity contribution in [3.05, 3.63) is 73.8 Å². The molecule has 1 spiro atoms. The lowest BCUT2D eigenvalue weighted by atomic mass is 9.77. The van der Waals surface area contributed by atoms with E-state index in [1.54, 1.807) is 24.1 Å². The summed E-state index contributed by atoms with van der Waals surface area (Å²) in [6.07, 6.45) is 1.94. The first kappa shape index (κ1) is 22.8. The van der Waals surface area contributed by atoms with Gasteiger partial charge in [-0.25, -0.2) is 4.68 Å². The van der Waals surface area contributed by atoms with Crippen LogP contribution in [-0.4, -0.2) is 61.3 Å². The average molecular weight is 479 g/mol. The lowest BCUT2D eigenvalue weighted by Gasteiger charge is -2.38. The maximum Gasteiger partial charge on any atom is 0.332 e.